The van der Waals surface area contributed by atoms with Crippen molar-refractivity contribution in [2.24, 2.45) is 0 Å². The van der Waals surface area contributed by atoms with Crippen LogP contribution >= 0.6 is 0 Å². The minimum Gasteiger partial charge on any atom is -0.236 e. The summed E-state index contributed by atoms with van der Waals surface area (Å²) in [6, 6.07) is 11.2. The molecule has 1 heterocycles. The Morgan fingerprint density at radius 3 is 2.09 bits per heavy atom. The third kappa shape index (κ3) is 6.80. The van der Waals surface area contributed by atoms with Gasteiger partial charge in [0, 0.05) is 40.2 Å². The normalized spacial score (nSPS) is 11.6. The SMILES string of the molecule is CCCCCc1cnc(-c2ccc3c(F)c(CCc4ccc5c(F)c(C#CC(F)(F)F)c(F)cc5c4)c(F)cc3c2)nc1. The number of benzene rings is 4. The van der Waals surface area contributed by atoms with Gasteiger partial charge in [-0.05, 0) is 65.8 Å². The highest BCUT2D eigenvalue weighted by molar-refractivity contribution is 5.88. The number of unbranched alkanes of at least 4 members (excludes halogenated alkanes) is 2. The van der Waals surface area contributed by atoms with Crippen LogP contribution in [0.2, 0.25) is 0 Å². The molecule has 43 heavy (non-hydrogen) atoms. The van der Waals surface area contributed by atoms with Crippen LogP contribution in [-0.2, 0) is 19.3 Å². The average Bonchev–Trinajstić information content (AvgIpc) is 2.96. The zero-order valence-electron chi connectivity index (χ0n) is 23.1. The number of aryl methyl sites for hydroxylation is 2. The van der Waals surface area contributed by atoms with Crippen LogP contribution in [0.1, 0.15) is 48.4 Å². The number of alkyl halides is 3. The molecule has 4 aromatic carbocycles. The number of nitrogens with zero attached hydrogens (tertiary/aromatic N) is 2. The van der Waals surface area contributed by atoms with Crippen molar-refractivity contribution in [3.8, 4) is 23.2 Å². The molecule has 0 radical (unpaired) electrons. The van der Waals surface area contributed by atoms with Crippen LogP contribution in [0, 0.1) is 35.1 Å². The van der Waals surface area contributed by atoms with E-state index in [1.165, 1.54) is 30.2 Å². The Balaban J connectivity index is 1.36. The number of fused-ring (bicyclic) bond motifs is 2. The summed E-state index contributed by atoms with van der Waals surface area (Å²) in [5.41, 5.74) is 1.07. The first-order valence-electron chi connectivity index (χ1n) is 13.8. The maximum atomic E-state index is 15.5. The molecule has 0 amide bonds. The highest BCUT2D eigenvalue weighted by Gasteiger charge is 2.24. The molecule has 1 aromatic heterocycles. The maximum Gasteiger partial charge on any atom is 0.458 e. The highest BCUT2D eigenvalue weighted by Crippen LogP contribution is 2.30. The first kappa shape index (κ1) is 30.0. The predicted molar refractivity (Wildman–Crippen MR) is 152 cm³/mol. The zero-order valence-corrected chi connectivity index (χ0v) is 23.1. The van der Waals surface area contributed by atoms with Crippen molar-refractivity contribution in [3.05, 3.63) is 106 Å². The van der Waals surface area contributed by atoms with Crippen LogP contribution in [0.25, 0.3) is 32.9 Å². The van der Waals surface area contributed by atoms with Crippen LogP contribution in [0.4, 0.5) is 30.7 Å². The molecule has 0 unspecified atom stereocenters. The van der Waals surface area contributed by atoms with Crippen molar-refractivity contribution in [1.29, 1.82) is 0 Å². The fourth-order valence-electron chi connectivity index (χ4n) is 5.01. The van der Waals surface area contributed by atoms with Gasteiger partial charge in [-0.1, -0.05) is 56.0 Å². The van der Waals surface area contributed by atoms with Crippen molar-refractivity contribution < 1.29 is 30.7 Å². The predicted octanol–water partition coefficient (Wildman–Crippen LogP) is 9.44. The molecular weight excluding hydrogens is 569 g/mol. The summed E-state index contributed by atoms with van der Waals surface area (Å²) in [6.07, 6.45) is 2.93. The van der Waals surface area contributed by atoms with Gasteiger partial charge >= 0.3 is 6.18 Å². The lowest BCUT2D eigenvalue weighted by Crippen LogP contribution is -2.03. The van der Waals surface area contributed by atoms with E-state index in [0.29, 0.717) is 22.3 Å². The Morgan fingerprint density at radius 1 is 0.698 bits per heavy atom. The van der Waals surface area contributed by atoms with Gasteiger partial charge in [-0.2, -0.15) is 13.2 Å². The Bertz CT molecular complexity index is 1870. The van der Waals surface area contributed by atoms with E-state index in [9.17, 15) is 22.0 Å². The molecule has 2 nitrogen and oxygen atoms in total. The summed E-state index contributed by atoms with van der Waals surface area (Å²) < 4.78 is 96.9. The van der Waals surface area contributed by atoms with E-state index in [4.69, 9.17) is 0 Å². The molecule has 0 fully saturated rings. The second-order valence-electron chi connectivity index (χ2n) is 10.3. The molecule has 0 N–H and O–H groups in total. The number of halogens is 7. The van der Waals surface area contributed by atoms with Gasteiger partial charge in [-0.25, -0.2) is 27.5 Å². The van der Waals surface area contributed by atoms with Crippen LogP contribution in [0.3, 0.4) is 0 Å². The van der Waals surface area contributed by atoms with Crippen LogP contribution in [0.5, 0.6) is 0 Å². The lowest BCUT2D eigenvalue weighted by atomic mass is 9.96. The number of hydrogen-bond donors (Lipinski definition) is 0. The summed E-state index contributed by atoms with van der Waals surface area (Å²) >= 11 is 0. The quantitative estimate of drug-likeness (QED) is 0.102. The largest absolute Gasteiger partial charge is 0.458 e. The standard InChI is InChI=1S/C34H25F7N2/c1-2-3-4-5-21-18-42-33(43-19-21)22-8-11-26-24(15-22)17-29(35)27(31(26)37)10-7-20-6-9-25-23(14-20)16-30(36)28(32(25)38)12-13-34(39,40)41/h6,8-9,11,14-19H,2-5,7,10H2,1H3. The van der Waals surface area contributed by atoms with E-state index in [1.807, 2.05) is 0 Å². The second kappa shape index (κ2) is 12.4. The summed E-state index contributed by atoms with van der Waals surface area (Å²) in [6.45, 7) is 2.13. The summed E-state index contributed by atoms with van der Waals surface area (Å²) in [5, 5.41) is 0.554. The van der Waals surface area contributed by atoms with Crippen LogP contribution in [-0.4, -0.2) is 16.1 Å². The van der Waals surface area contributed by atoms with Crippen molar-refractivity contribution in [2.45, 2.75) is 51.6 Å². The molecule has 0 saturated heterocycles. The number of hydrogen-bond acceptors (Lipinski definition) is 2. The van der Waals surface area contributed by atoms with Crippen molar-refractivity contribution >= 4 is 21.5 Å². The average molecular weight is 595 g/mol. The van der Waals surface area contributed by atoms with Crippen molar-refractivity contribution in [1.82, 2.24) is 9.97 Å². The van der Waals surface area contributed by atoms with Gasteiger partial charge in [0.05, 0.1) is 5.56 Å². The summed E-state index contributed by atoms with van der Waals surface area (Å²) in [4.78, 5) is 8.84. The van der Waals surface area contributed by atoms with Crippen molar-refractivity contribution in [3.63, 3.8) is 0 Å². The van der Waals surface area contributed by atoms with Gasteiger partial charge in [0.15, 0.2) is 5.82 Å². The third-order valence-corrected chi connectivity index (χ3v) is 7.24. The molecule has 0 aliphatic heterocycles. The summed E-state index contributed by atoms with van der Waals surface area (Å²) in [7, 11) is 0. The van der Waals surface area contributed by atoms with Gasteiger partial charge in [-0.3, -0.25) is 0 Å². The van der Waals surface area contributed by atoms with Gasteiger partial charge in [0.25, 0.3) is 0 Å². The molecule has 220 valence electrons. The number of aromatic nitrogens is 2. The molecule has 0 atom stereocenters. The number of rotatable bonds is 8. The van der Waals surface area contributed by atoms with E-state index >= 15 is 8.78 Å². The lowest BCUT2D eigenvalue weighted by molar-refractivity contribution is -0.0696. The van der Waals surface area contributed by atoms with E-state index in [-0.39, 0.29) is 34.6 Å². The Hall–Kier alpha value is -4.45. The summed E-state index contributed by atoms with van der Waals surface area (Å²) in [5.74, 6) is -1.06. The maximum absolute atomic E-state index is 15.5. The lowest BCUT2D eigenvalue weighted by Gasteiger charge is -2.11. The van der Waals surface area contributed by atoms with Gasteiger partial charge in [-0.15, -0.1) is 0 Å². The Labute approximate surface area is 243 Å². The zero-order chi connectivity index (χ0) is 30.7. The Morgan fingerprint density at radius 2 is 1.37 bits per heavy atom. The molecule has 5 rings (SSSR count). The smallest absolute Gasteiger partial charge is 0.236 e. The van der Waals surface area contributed by atoms with Gasteiger partial charge in [0.1, 0.15) is 23.3 Å². The topological polar surface area (TPSA) is 25.8 Å². The highest BCUT2D eigenvalue weighted by atomic mass is 19.4. The molecule has 0 aliphatic rings. The Kier molecular flexibility index (Phi) is 8.67. The second-order valence-corrected chi connectivity index (χ2v) is 10.3. The van der Waals surface area contributed by atoms with Gasteiger partial charge in [0.2, 0.25) is 0 Å². The molecule has 9 heteroatoms. The monoisotopic (exact) mass is 594 g/mol. The molecule has 0 saturated carbocycles. The third-order valence-electron chi connectivity index (χ3n) is 7.24. The minimum atomic E-state index is -4.90. The van der Waals surface area contributed by atoms with Crippen molar-refractivity contribution in [2.75, 3.05) is 0 Å². The minimum absolute atomic E-state index is 0.0381. The molecule has 0 bridgehead atoms. The fraction of sp³-hybridized carbons (Fsp3) is 0.235. The molecule has 0 aliphatic carbocycles. The van der Waals surface area contributed by atoms with E-state index in [0.717, 1.165) is 43.2 Å². The first-order chi connectivity index (χ1) is 20.5. The van der Waals surface area contributed by atoms with Gasteiger partial charge < -0.3 is 0 Å². The molecular formula is C34H25F7N2. The van der Waals surface area contributed by atoms with Crippen LogP contribution < -0.4 is 0 Å². The fourth-order valence-corrected chi connectivity index (χ4v) is 5.01. The molecule has 0 spiro atoms. The first-order valence-corrected chi connectivity index (χ1v) is 13.8. The van der Waals surface area contributed by atoms with E-state index in [1.54, 1.807) is 30.6 Å². The molecule has 5 aromatic rings. The van der Waals surface area contributed by atoms with E-state index < -0.39 is 35.0 Å². The van der Waals surface area contributed by atoms with Crippen LogP contribution in [0.15, 0.2) is 60.9 Å². The van der Waals surface area contributed by atoms with E-state index in [2.05, 4.69) is 16.9 Å².